The molecular weight excluding hydrogens is 212 g/mol. The highest BCUT2D eigenvalue weighted by molar-refractivity contribution is 7.13. The number of aromatic nitrogens is 1. The van der Waals surface area contributed by atoms with Crippen molar-refractivity contribution in [1.82, 2.24) is 4.98 Å². The van der Waals surface area contributed by atoms with Crippen LogP contribution in [0.1, 0.15) is 24.2 Å². The first-order chi connectivity index (χ1) is 6.75. The maximum atomic E-state index is 4.37. The molecule has 0 radical (unpaired) electrons. The van der Waals surface area contributed by atoms with E-state index in [0.29, 0.717) is 6.04 Å². The highest BCUT2D eigenvalue weighted by Gasteiger charge is 2.06. The predicted molar refractivity (Wildman–Crippen MR) is 63.2 cm³/mol. The van der Waals surface area contributed by atoms with Crippen molar-refractivity contribution in [3.63, 3.8) is 0 Å². The normalized spacial score (nSPS) is 12.7. The van der Waals surface area contributed by atoms with Gasteiger partial charge >= 0.3 is 0 Å². The summed E-state index contributed by atoms with van der Waals surface area (Å²) in [5.41, 5.74) is 2.40. The highest BCUT2D eigenvalue weighted by Crippen LogP contribution is 2.23. The Balaban J connectivity index is 2.05. The summed E-state index contributed by atoms with van der Waals surface area (Å²) in [6.45, 7) is 4.16. The second kappa shape index (κ2) is 4.11. The molecule has 0 aliphatic rings. The minimum Gasteiger partial charge on any atom is -0.355 e. The zero-order valence-electron chi connectivity index (χ0n) is 8.15. The van der Waals surface area contributed by atoms with Gasteiger partial charge in [0.05, 0.1) is 11.7 Å². The lowest BCUT2D eigenvalue weighted by atomic mass is 10.2. The quantitative estimate of drug-likeness (QED) is 0.860. The van der Waals surface area contributed by atoms with Crippen LogP contribution in [0.3, 0.4) is 0 Å². The topological polar surface area (TPSA) is 24.9 Å². The lowest BCUT2D eigenvalue weighted by Crippen LogP contribution is -2.04. The van der Waals surface area contributed by atoms with E-state index < -0.39 is 0 Å². The zero-order chi connectivity index (χ0) is 9.97. The van der Waals surface area contributed by atoms with E-state index in [0.717, 1.165) is 10.8 Å². The molecule has 0 bridgehead atoms. The van der Waals surface area contributed by atoms with Crippen LogP contribution in [-0.2, 0) is 0 Å². The van der Waals surface area contributed by atoms with Gasteiger partial charge < -0.3 is 5.32 Å². The molecule has 2 aromatic rings. The maximum absolute atomic E-state index is 4.37. The average Bonchev–Trinajstić information content (AvgIpc) is 2.75. The van der Waals surface area contributed by atoms with Gasteiger partial charge in [-0.25, -0.2) is 4.98 Å². The molecule has 74 valence electrons. The number of rotatable bonds is 3. The van der Waals surface area contributed by atoms with E-state index in [1.54, 1.807) is 22.7 Å². The summed E-state index contributed by atoms with van der Waals surface area (Å²) in [5, 5.41) is 10.7. The molecule has 2 aromatic heterocycles. The lowest BCUT2D eigenvalue weighted by Gasteiger charge is -2.10. The number of anilines is 1. The lowest BCUT2D eigenvalue weighted by molar-refractivity contribution is 0.886. The van der Waals surface area contributed by atoms with Crippen LogP contribution in [0.2, 0.25) is 0 Å². The van der Waals surface area contributed by atoms with Crippen LogP contribution < -0.4 is 5.32 Å². The smallest absolute Gasteiger partial charge is 0.183 e. The molecule has 0 saturated heterocycles. The molecule has 0 spiro atoms. The van der Waals surface area contributed by atoms with Crippen molar-refractivity contribution in [3.05, 3.63) is 33.5 Å². The minimum atomic E-state index is 0.340. The molecule has 0 amide bonds. The van der Waals surface area contributed by atoms with E-state index in [9.17, 15) is 0 Å². The SMILES string of the molecule is Cc1csc(NC(C)c2ccsc2)n1. The van der Waals surface area contributed by atoms with E-state index in [-0.39, 0.29) is 0 Å². The summed E-state index contributed by atoms with van der Waals surface area (Å²) in [4.78, 5) is 4.37. The van der Waals surface area contributed by atoms with Crippen molar-refractivity contribution in [2.45, 2.75) is 19.9 Å². The predicted octanol–water partition coefficient (Wildman–Crippen LogP) is 3.69. The van der Waals surface area contributed by atoms with Crippen molar-refractivity contribution in [2.75, 3.05) is 5.32 Å². The molecule has 1 unspecified atom stereocenters. The van der Waals surface area contributed by atoms with Gasteiger partial charge in [-0.2, -0.15) is 11.3 Å². The zero-order valence-corrected chi connectivity index (χ0v) is 9.78. The molecule has 0 aliphatic carbocycles. The van der Waals surface area contributed by atoms with Gasteiger partial charge in [-0.05, 0) is 36.2 Å². The standard InChI is InChI=1S/C10H12N2S2/c1-7-5-14-10(11-7)12-8(2)9-3-4-13-6-9/h3-6,8H,1-2H3,(H,11,12). The number of nitrogens with zero attached hydrogens (tertiary/aromatic N) is 1. The number of hydrogen-bond donors (Lipinski definition) is 1. The maximum Gasteiger partial charge on any atom is 0.183 e. The first-order valence-corrected chi connectivity index (χ1v) is 6.28. The van der Waals surface area contributed by atoms with Gasteiger partial charge in [-0.3, -0.25) is 0 Å². The third-order valence-electron chi connectivity index (χ3n) is 2.00. The Morgan fingerprint density at radius 2 is 2.29 bits per heavy atom. The monoisotopic (exact) mass is 224 g/mol. The summed E-state index contributed by atoms with van der Waals surface area (Å²) in [6, 6.07) is 2.48. The average molecular weight is 224 g/mol. The van der Waals surface area contributed by atoms with Crippen LogP contribution >= 0.6 is 22.7 Å². The van der Waals surface area contributed by atoms with Gasteiger partial charge in [-0.15, -0.1) is 11.3 Å². The van der Waals surface area contributed by atoms with Crippen molar-refractivity contribution in [2.24, 2.45) is 0 Å². The second-order valence-electron chi connectivity index (χ2n) is 3.22. The van der Waals surface area contributed by atoms with Crippen LogP contribution in [0.5, 0.6) is 0 Å². The van der Waals surface area contributed by atoms with Crippen LogP contribution in [0.4, 0.5) is 5.13 Å². The van der Waals surface area contributed by atoms with Gasteiger partial charge in [0.25, 0.3) is 0 Å². The molecule has 2 nitrogen and oxygen atoms in total. The minimum absolute atomic E-state index is 0.340. The molecule has 2 heterocycles. The third kappa shape index (κ3) is 2.13. The van der Waals surface area contributed by atoms with Crippen LogP contribution in [0.25, 0.3) is 0 Å². The summed E-state index contributed by atoms with van der Waals surface area (Å²) >= 11 is 3.38. The number of aryl methyl sites for hydroxylation is 1. The summed E-state index contributed by atoms with van der Waals surface area (Å²) < 4.78 is 0. The molecule has 1 atom stereocenters. The fraction of sp³-hybridized carbons (Fsp3) is 0.300. The van der Waals surface area contributed by atoms with E-state index >= 15 is 0 Å². The first-order valence-electron chi connectivity index (χ1n) is 4.46. The van der Waals surface area contributed by atoms with E-state index in [1.165, 1.54) is 5.56 Å². The summed E-state index contributed by atoms with van der Waals surface area (Å²) in [5.74, 6) is 0. The van der Waals surface area contributed by atoms with Crippen molar-refractivity contribution >= 4 is 27.8 Å². The Morgan fingerprint density at radius 1 is 1.43 bits per heavy atom. The summed E-state index contributed by atoms with van der Waals surface area (Å²) in [6.07, 6.45) is 0. The highest BCUT2D eigenvalue weighted by atomic mass is 32.1. The van der Waals surface area contributed by atoms with Gasteiger partial charge in [-0.1, -0.05) is 0 Å². The number of thiazole rings is 1. The van der Waals surface area contributed by atoms with Gasteiger partial charge in [0.2, 0.25) is 0 Å². The number of hydrogen-bond acceptors (Lipinski definition) is 4. The molecule has 4 heteroatoms. The molecule has 0 aliphatic heterocycles. The van der Waals surface area contributed by atoms with E-state index in [4.69, 9.17) is 0 Å². The molecule has 2 rings (SSSR count). The largest absolute Gasteiger partial charge is 0.355 e. The van der Waals surface area contributed by atoms with Gasteiger partial charge in [0, 0.05) is 5.38 Å². The third-order valence-corrected chi connectivity index (χ3v) is 3.60. The van der Waals surface area contributed by atoms with E-state index in [1.807, 2.05) is 6.92 Å². The number of thiophene rings is 1. The molecule has 0 aromatic carbocycles. The molecule has 0 fully saturated rings. The Bertz CT molecular complexity index is 392. The fourth-order valence-electron chi connectivity index (χ4n) is 1.21. The van der Waals surface area contributed by atoms with Crippen molar-refractivity contribution in [1.29, 1.82) is 0 Å². The van der Waals surface area contributed by atoms with Crippen molar-refractivity contribution in [3.8, 4) is 0 Å². The molecule has 1 N–H and O–H groups in total. The molecule has 0 saturated carbocycles. The molecular formula is C10H12N2S2. The van der Waals surface area contributed by atoms with Crippen molar-refractivity contribution < 1.29 is 0 Å². The first kappa shape index (κ1) is 9.68. The fourth-order valence-corrected chi connectivity index (χ4v) is 2.74. The number of nitrogens with one attached hydrogen (secondary N) is 1. The summed E-state index contributed by atoms with van der Waals surface area (Å²) in [7, 11) is 0. The Morgan fingerprint density at radius 3 is 2.86 bits per heavy atom. The Kier molecular flexibility index (Phi) is 2.84. The van der Waals surface area contributed by atoms with Gasteiger partial charge in [0.15, 0.2) is 5.13 Å². The van der Waals surface area contributed by atoms with Crippen LogP contribution in [0, 0.1) is 6.92 Å². The molecule has 14 heavy (non-hydrogen) atoms. The van der Waals surface area contributed by atoms with Gasteiger partial charge in [0.1, 0.15) is 0 Å². The Labute approximate surface area is 91.6 Å². The van der Waals surface area contributed by atoms with Crippen LogP contribution in [-0.4, -0.2) is 4.98 Å². The van der Waals surface area contributed by atoms with E-state index in [2.05, 4.69) is 39.4 Å². The Hall–Kier alpha value is -0.870. The van der Waals surface area contributed by atoms with Crippen LogP contribution in [0.15, 0.2) is 22.2 Å². The second-order valence-corrected chi connectivity index (χ2v) is 4.85.